The second-order valence-electron chi connectivity index (χ2n) is 5.17. The Kier molecular flexibility index (Phi) is 5.92. The first-order valence-electron chi connectivity index (χ1n) is 6.25. The van der Waals surface area contributed by atoms with Crippen molar-refractivity contribution >= 4 is 31.9 Å². The van der Waals surface area contributed by atoms with Crippen LogP contribution in [0.2, 0.25) is 0 Å². The van der Waals surface area contributed by atoms with Gasteiger partial charge in [0, 0.05) is 17.1 Å². The van der Waals surface area contributed by atoms with Gasteiger partial charge in [0.25, 0.3) is 0 Å². The van der Waals surface area contributed by atoms with E-state index in [1.54, 1.807) is 13.8 Å². The van der Waals surface area contributed by atoms with Gasteiger partial charge in [-0.15, -0.1) is 0 Å². The highest BCUT2D eigenvalue weighted by atomic mass is 79.9. The fourth-order valence-corrected chi connectivity index (χ4v) is 4.09. The van der Waals surface area contributed by atoms with Gasteiger partial charge in [-0.1, -0.05) is 15.9 Å². The molecule has 118 valence electrons. The number of carbonyl (C=O) groups is 1. The molecule has 0 bridgehead atoms. The van der Waals surface area contributed by atoms with Crippen molar-refractivity contribution in [2.75, 3.05) is 20.6 Å². The minimum atomic E-state index is -3.78. The summed E-state index contributed by atoms with van der Waals surface area (Å²) in [4.78, 5) is 12.9. The van der Waals surface area contributed by atoms with Crippen LogP contribution in [-0.4, -0.2) is 51.1 Å². The Morgan fingerprint density at radius 2 is 2.00 bits per heavy atom. The molecule has 0 aliphatic carbocycles. The fourth-order valence-electron chi connectivity index (χ4n) is 1.97. The lowest BCUT2D eigenvalue weighted by atomic mass is 10.1. The lowest BCUT2D eigenvalue weighted by molar-refractivity contribution is 0.0696. The van der Waals surface area contributed by atoms with Crippen molar-refractivity contribution in [2.24, 2.45) is 0 Å². The lowest BCUT2D eigenvalue weighted by Crippen LogP contribution is -2.39. The van der Waals surface area contributed by atoms with E-state index in [1.165, 1.54) is 12.1 Å². The Bertz CT molecular complexity index is 644. The van der Waals surface area contributed by atoms with Crippen LogP contribution in [0.1, 0.15) is 22.8 Å². The number of nitrogens with one attached hydrogen (secondary N) is 1. The van der Waals surface area contributed by atoms with E-state index in [4.69, 9.17) is 5.11 Å². The van der Waals surface area contributed by atoms with E-state index in [2.05, 4.69) is 20.7 Å². The minimum absolute atomic E-state index is 0.0279. The summed E-state index contributed by atoms with van der Waals surface area (Å²) in [6.07, 6.45) is 0. The van der Waals surface area contributed by atoms with Crippen LogP contribution in [0.3, 0.4) is 0 Å². The van der Waals surface area contributed by atoms with Crippen LogP contribution in [0.25, 0.3) is 0 Å². The second-order valence-corrected chi connectivity index (χ2v) is 7.71. The summed E-state index contributed by atoms with van der Waals surface area (Å²) < 4.78 is 27.9. The number of aromatic carboxylic acids is 1. The molecule has 0 radical (unpaired) electrons. The van der Waals surface area contributed by atoms with Crippen LogP contribution < -0.4 is 4.72 Å². The molecule has 1 aromatic rings. The second kappa shape index (κ2) is 6.87. The van der Waals surface area contributed by atoms with E-state index in [0.717, 1.165) is 0 Å². The molecule has 1 aromatic carbocycles. The third-order valence-electron chi connectivity index (χ3n) is 2.83. The van der Waals surface area contributed by atoms with Gasteiger partial charge in [0.2, 0.25) is 10.0 Å². The molecular formula is C13H19BrN2O4S. The number of sulfonamides is 1. The highest BCUT2D eigenvalue weighted by molar-refractivity contribution is 9.10. The standard InChI is InChI=1S/C13H19BrN2O4S/c1-8(7-16(3)4)15-21(19,20)12-6-10(13(17)18)5-11(14)9(12)2/h5-6,8,15H,7H2,1-4H3,(H,17,18). The Balaban J connectivity index is 3.22. The molecule has 21 heavy (non-hydrogen) atoms. The molecule has 1 atom stereocenters. The number of hydrogen-bond donors (Lipinski definition) is 2. The molecule has 8 heteroatoms. The van der Waals surface area contributed by atoms with E-state index in [9.17, 15) is 13.2 Å². The van der Waals surface area contributed by atoms with Gasteiger partial charge in [0.1, 0.15) is 0 Å². The number of nitrogens with zero attached hydrogens (tertiary/aromatic N) is 1. The molecule has 1 rings (SSSR count). The number of carboxylic acid groups (broad SMARTS) is 1. The van der Waals surface area contributed by atoms with Crippen molar-refractivity contribution in [3.8, 4) is 0 Å². The van der Waals surface area contributed by atoms with Gasteiger partial charge in [0.15, 0.2) is 0 Å². The predicted octanol–water partition coefficient (Wildman–Crippen LogP) is 1.68. The highest BCUT2D eigenvalue weighted by Crippen LogP contribution is 2.26. The molecule has 6 nitrogen and oxygen atoms in total. The summed E-state index contributed by atoms with van der Waals surface area (Å²) in [7, 11) is -0.0945. The summed E-state index contributed by atoms with van der Waals surface area (Å²) in [6, 6.07) is 2.27. The van der Waals surface area contributed by atoms with Crippen LogP contribution in [0.4, 0.5) is 0 Å². The van der Waals surface area contributed by atoms with Gasteiger partial charge in [-0.25, -0.2) is 17.9 Å². The predicted molar refractivity (Wildman–Crippen MR) is 84.2 cm³/mol. The van der Waals surface area contributed by atoms with Crippen LogP contribution in [0.15, 0.2) is 21.5 Å². The van der Waals surface area contributed by atoms with Crippen molar-refractivity contribution in [3.63, 3.8) is 0 Å². The molecule has 0 aromatic heterocycles. The van der Waals surface area contributed by atoms with E-state index in [-0.39, 0.29) is 16.5 Å². The smallest absolute Gasteiger partial charge is 0.335 e. The molecular weight excluding hydrogens is 360 g/mol. The van der Waals surface area contributed by atoms with Crippen molar-refractivity contribution < 1.29 is 18.3 Å². The summed E-state index contributed by atoms with van der Waals surface area (Å²) in [5.41, 5.74) is 0.401. The molecule has 1 unspecified atom stereocenters. The fraction of sp³-hybridized carbons (Fsp3) is 0.462. The van der Waals surface area contributed by atoms with Crippen LogP contribution in [0, 0.1) is 6.92 Å². The van der Waals surface area contributed by atoms with Gasteiger partial charge in [0.05, 0.1) is 10.5 Å². The summed E-state index contributed by atoms with van der Waals surface area (Å²) in [5.74, 6) is -1.17. The van der Waals surface area contributed by atoms with Gasteiger partial charge in [-0.05, 0) is 45.6 Å². The number of hydrogen-bond acceptors (Lipinski definition) is 4. The number of rotatable bonds is 6. The Morgan fingerprint density at radius 3 is 2.48 bits per heavy atom. The van der Waals surface area contributed by atoms with E-state index >= 15 is 0 Å². The van der Waals surface area contributed by atoms with Crippen molar-refractivity contribution in [2.45, 2.75) is 24.8 Å². The van der Waals surface area contributed by atoms with Crippen molar-refractivity contribution in [3.05, 3.63) is 27.7 Å². The first-order chi connectivity index (χ1) is 9.54. The first-order valence-corrected chi connectivity index (χ1v) is 8.52. The van der Waals surface area contributed by atoms with Crippen molar-refractivity contribution in [1.82, 2.24) is 9.62 Å². The molecule has 0 fully saturated rings. The molecule has 0 saturated heterocycles. The quantitative estimate of drug-likeness (QED) is 0.786. The number of carboxylic acids is 1. The maximum atomic E-state index is 12.4. The molecule has 0 saturated carbocycles. The average molecular weight is 379 g/mol. The lowest BCUT2D eigenvalue weighted by Gasteiger charge is -2.19. The number of likely N-dealkylation sites (N-methyl/N-ethyl adjacent to an activating group) is 1. The normalized spacial score (nSPS) is 13.4. The van der Waals surface area contributed by atoms with E-state index < -0.39 is 16.0 Å². The van der Waals surface area contributed by atoms with Crippen LogP contribution in [-0.2, 0) is 10.0 Å². The Hall–Kier alpha value is -0.960. The minimum Gasteiger partial charge on any atom is -0.478 e. The molecule has 0 amide bonds. The Morgan fingerprint density at radius 1 is 1.43 bits per heavy atom. The number of halogens is 1. The summed E-state index contributed by atoms with van der Waals surface area (Å²) in [6.45, 7) is 3.92. The molecule has 2 N–H and O–H groups in total. The summed E-state index contributed by atoms with van der Waals surface area (Å²) in [5, 5.41) is 9.05. The Labute approximate surface area is 133 Å². The monoisotopic (exact) mass is 378 g/mol. The topological polar surface area (TPSA) is 86.7 Å². The first kappa shape index (κ1) is 18.1. The van der Waals surface area contributed by atoms with Crippen LogP contribution in [0.5, 0.6) is 0 Å². The molecule has 0 heterocycles. The zero-order valence-corrected chi connectivity index (χ0v) is 14.7. The summed E-state index contributed by atoms with van der Waals surface area (Å²) >= 11 is 3.20. The maximum absolute atomic E-state index is 12.4. The molecule has 0 aliphatic heterocycles. The third-order valence-corrected chi connectivity index (χ3v) is 5.37. The van der Waals surface area contributed by atoms with E-state index in [0.29, 0.717) is 16.6 Å². The zero-order chi connectivity index (χ0) is 16.4. The number of benzene rings is 1. The van der Waals surface area contributed by atoms with Gasteiger partial charge in [-0.2, -0.15) is 0 Å². The maximum Gasteiger partial charge on any atom is 0.335 e. The van der Waals surface area contributed by atoms with Crippen molar-refractivity contribution in [1.29, 1.82) is 0 Å². The molecule has 0 spiro atoms. The van der Waals surface area contributed by atoms with E-state index in [1.807, 2.05) is 19.0 Å². The largest absolute Gasteiger partial charge is 0.478 e. The van der Waals surface area contributed by atoms with Gasteiger partial charge in [-0.3, -0.25) is 0 Å². The highest BCUT2D eigenvalue weighted by Gasteiger charge is 2.23. The van der Waals surface area contributed by atoms with Gasteiger partial charge >= 0.3 is 5.97 Å². The zero-order valence-electron chi connectivity index (χ0n) is 12.3. The third kappa shape index (κ3) is 4.77. The average Bonchev–Trinajstić information content (AvgIpc) is 2.29. The van der Waals surface area contributed by atoms with Gasteiger partial charge < -0.3 is 10.0 Å². The molecule has 0 aliphatic rings. The van der Waals surface area contributed by atoms with Crippen LogP contribution >= 0.6 is 15.9 Å². The SMILES string of the molecule is Cc1c(Br)cc(C(=O)O)cc1S(=O)(=O)NC(C)CN(C)C.